The molecule has 1 aliphatic rings. The van der Waals surface area contributed by atoms with Crippen LogP contribution in [0.5, 0.6) is 5.75 Å². The second kappa shape index (κ2) is 5.97. The fourth-order valence-electron chi connectivity index (χ4n) is 2.51. The molecule has 0 bridgehead atoms. The third-order valence-electron chi connectivity index (χ3n) is 3.66. The Morgan fingerprint density at radius 3 is 2.76 bits per heavy atom. The summed E-state index contributed by atoms with van der Waals surface area (Å²) in [5.74, 6) is 0.416. The molecule has 1 atom stereocenters. The number of carbonyl (C=O) groups excluding carboxylic acids is 1. The van der Waals surface area contributed by atoms with E-state index in [2.05, 4.69) is 5.32 Å². The minimum atomic E-state index is -0.551. The summed E-state index contributed by atoms with van der Waals surface area (Å²) in [7, 11) is 0. The van der Waals surface area contributed by atoms with Gasteiger partial charge < -0.3 is 15.2 Å². The maximum absolute atomic E-state index is 12.3. The summed E-state index contributed by atoms with van der Waals surface area (Å²) < 4.78 is 5.83. The summed E-state index contributed by atoms with van der Waals surface area (Å²) in [5.41, 5.74) is 2.66. The van der Waals surface area contributed by atoms with Crippen molar-refractivity contribution in [3.05, 3.63) is 59.7 Å². The van der Waals surface area contributed by atoms with E-state index in [0.29, 0.717) is 17.7 Å². The van der Waals surface area contributed by atoms with Gasteiger partial charge in [-0.25, -0.2) is 0 Å². The average Bonchev–Trinajstić information content (AvgIpc) is 2.67. The normalized spacial score (nSPS) is 17.6. The Hall–Kier alpha value is -2.33. The largest absolute Gasteiger partial charge is 0.480 e. The van der Waals surface area contributed by atoms with Crippen molar-refractivity contribution in [3.8, 4) is 5.75 Å². The number of aliphatic hydroxyl groups is 1. The van der Waals surface area contributed by atoms with Gasteiger partial charge in [0.2, 0.25) is 0 Å². The molecule has 1 amide bonds. The molecule has 0 saturated carbocycles. The molecule has 0 spiro atoms. The van der Waals surface area contributed by atoms with Crippen molar-refractivity contribution in [1.82, 2.24) is 0 Å². The molecule has 0 aliphatic carbocycles. The van der Waals surface area contributed by atoms with E-state index in [1.165, 1.54) is 0 Å². The van der Waals surface area contributed by atoms with E-state index in [0.717, 1.165) is 17.7 Å². The highest BCUT2D eigenvalue weighted by molar-refractivity contribution is 5.95. The van der Waals surface area contributed by atoms with Crippen LogP contribution in [0.25, 0.3) is 0 Å². The highest BCUT2D eigenvalue weighted by Gasteiger charge is 2.25. The van der Waals surface area contributed by atoms with Crippen LogP contribution in [0.3, 0.4) is 0 Å². The molecule has 0 fully saturated rings. The van der Waals surface area contributed by atoms with Gasteiger partial charge in [0.25, 0.3) is 5.91 Å². The highest BCUT2D eigenvalue weighted by Crippen LogP contribution is 2.25. The lowest BCUT2D eigenvalue weighted by molar-refractivity contribution is -0.122. The number of ether oxygens (including phenoxy) is 1. The van der Waals surface area contributed by atoms with Gasteiger partial charge in [-0.05, 0) is 30.5 Å². The molecule has 0 radical (unpaired) electrons. The molecule has 1 heterocycles. The fraction of sp³-hybridized carbons (Fsp3) is 0.235. The van der Waals surface area contributed by atoms with Gasteiger partial charge in [-0.15, -0.1) is 0 Å². The summed E-state index contributed by atoms with van der Waals surface area (Å²) in [6.07, 6.45) is 0.842. The Labute approximate surface area is 123 Å². The summed E-state index contributed by atoms with van der Waals surface area (Å²) >= 11 is 0. The molecule has 21 heavy (non-hydrogen) atoms. The Kier molecular flexibility index (Phi) is 3.88. The quantitative estimate of drug-likeness (QED) is 0.910. The number of amides is 1. The zero-order valence-electron chi connectivity index (χ0n) is 11.6. The molecular formula is C17H17NO3. The molecule has 4 nitrogen and oxygen atoms in total. The number of hydrogen-bond acceptors (Lipinski definition) is 3. The van der Waals surface area contributed by atoms with Gasteiger partial charge >= 0.3 is 0 Å². The molecular weight excluding hydrogens is 266 g/mol. The van der Waals surface area contributed by atoms with E-state index in [1.54, 1.807) is 12.1 Å². The number of hydrogen-bond donors (Lipinski definition) is 2. The zero-order chi connectivity index (χ0) is 14.7. The summed E-state index contributed by atoms with van der Waals surface area (Å²) in [6, 6.07) is 15.0. The second-order valence-corrected chi connectivity index (χ2v) is 5.06. The van der Waals surface area contributed by atoms with Crippen LogP contribution in [0.1, 0.15) is 17.5 Å². The lowest BCUT2D eigenvalue weighted by Gasteiger charge is -2.17. The maximum atomic E-state index is 12.3. The minimum Gasteiger partial charge on any atom is -0.480 e. The van der Waals surface area contributed by atoms with E-state index in [9.17, 15) is 9.90 Å². The second-order valence-electron chi connectivity index (χ2n) is 5.06. The summed E-state index contributed by atoms with van der Waals surface area (Å²) in [4.78, 5) is 12.3. The van der Waals surface area contributed by atoms with Crippen molar-refractivity contribution >= 4 is 11.6 Å². The van der Waals surface area contributed by atoms with Crippen LogP contribution < -0.4 is 10.1 Å². The van der Waals surface area contributed by atoms with Crippen molar-refractivity contribution < 1.29 is 14.6 Å². The first-order chi connectivity index (χ1) is 10.3. The van der Waals surface area contributed by atoms with Crippen LogP contribution in [0.2, 0.25) is 0 Å². The van der Waals surface area contributed by atoms with E-state index in [-0.39, 0.29) is 12.5 Å². The smallest absolute Gasteiger partial charge is 0.265 e. The molecule has 0 saturated heterocycles. The van der Waals surface area contributed by atoms with E-state index in [4.69, 9.17) is 4.74 Å². The van der Waals surface area contributed by atoms with Crippen molar-refractivity contribution in [2.45, 2.75) is 25.6 Å². The van der Waals surface area contributed by atoms with Crippen molar-refractivity contribution in [2.24, 2.45) is 0 Å². The Morgan fingerprint density at radius 1 is 1.14 bits per heavy atom. The number of nitrogens with one attached hydrogen (secondary N) is 1. The summed E-state index contributed by atoms with van der Waals surface area (Å²) in [5, 5.41) is 12.2. The van der Waals surface area contributed by atoms with Crippen LogP contribution in [0, 0.1) is 0 Å². The molecule has 1 unspecified atom stereocenters. The van der Waals surface area contributed by atoms with E-state index in [1.807, 2.05) is 36.4 Å². The van der Waals surface area contributed by atoms with Crippen LogP contribution in [0.15, 0.2) is 48.5 Å². The number of benzene rings is 2. The third-order valence-corrected chi connectivity index (χ3v) is 3.66. The number of aryl methyl sites for hydroxylation is 1. The number of carbonyl (C=O) groups is 1. The average molecular weight is 283 g/mol. The molecule has 2 aromatic rings. The molecule has 4 heteroatoms. The topological polar surface area (TPSA) is 58.6 Å². The number of anilines is 1. The fourth-order valence-corrected chi connectivity index (χ4v) is 2.51. The first-order valence-electron chi connectivity index (χ1n) is 7.02. The lowest BCUT2D eigenvalue weighted by Crippen LogP contribution is -2.32. The highest BCUT2D eigenvalue weighted by atomic mass is 16.5. The third kappa shape index (κ3) is 2.90. The molecule has 2 aromatic carbocycles. The van der Waals surface area contributed by atoms with Gasteiger partial charge in [0.1, 0.15) is 5.75 Å². The number of rotatable bonds is 3. The van der Waals surface area contributed by atoms with Crippen LogP contribution in [-0.2, 0) is 17.8 Å². The van der Waals surface area contributed by atoms with Gasteiger partial charge in [-0.2, -0.15) is 0 Å². The van der Waals surface area contributed by atoms with Crippen LogP contribution in [-0.4, -0.2) is 17.1 Å². The van der Waals surface area contributed by atoms with Gasteiger partial charge in [0.05, 0.1) is 6.61 Å². The molecule has 108 valence electrons. The summed E-state index contributed by atoms with van der Waals surface area (Å²) in [6.45, 7) is -0.106. The minimum absolute atomic E-state index is 0.106. The van der Waals surface area contributed by atoms with Gasteiger partial charge in [0.15, 0.2) is 6.10 Å². The number of fused-ring (bicyclic) bond motifs is 1. The van der Waals surface area contributed by atoms with Crippen LogP contribution >= 0.6 is 0 Å². The Balaban J connectivity index is 1.80. The van der Waals surface area contributed by atoms with Crippen molar-refractivity contribution in [2.75, 3.05) is 5.32 Å². The Morgan fingerprint density at radius 2 is 1.90 bits per heavy atom. The van der Waals surface area contributed by atoms with Crippen molar-refractivity contribution in [1.29, 1.82) is 0 Å². The van der Waals surface area contributed by atoms with Gasteiger partial charge in [-0.3, -0.25) is 4.79 Å². The zero-order valence-corrected chi connectivity index (χ0v) is 11.6. The standard InChI is InChI=1S/C17H17NO3/c19-11-13-6-2-4-8-15(13)21-16-10-9-12-5-1-3-7-14(12)18-17(16)20/h1-8,16,19H,9-11H2,(H,18,20). The number of aliphatic hydroxyl groups excluding tert-OH is 1. The lowest BCUT2D eigenvalue weighted by atomic mass is 10.1. The molecule has 3 rings (SSSR count). The first-order valence-corrected chi connectivity index (χ1v) is 7.02. The maximum Gasteiger partial charge on any atom is 0.265 e. The van der Waals surface area contributed by atoms with E-state index >= 15 is 0 Å². The predicted molar refractivity (Wildman–Crippen MR) is 80.2 cm³/mol. The van der Waals surface area contributed by atoms with Crippen LogP contribution in [0.4, 0.5) is 5.69 Å². The molecule has 1 aliphatic heterocycles. The Bertz CT molecular complexity index is 654. The predicted octanol–water partition coefficient (Wildman–Crippen LogP) is 2.51. The SMILES string of the molecule is O=C1Nc2ccccc2CCC1Oc1ccccc1CO. The van der Waals surface area contributed by atoms with Gasteiger partial charge in [0, 0.05) is 11.3 Å². The van der Waals surface area contributed by atoms with Gasteiger partial charge in [-0.1, -0.05) is 36.4 Å². The molecule has 2 N–H and O–H groups in total. The van der Waals surface area contributed by atoms with E-state index < -0.39 is 6.10 Å². The first kappa shape index (κ1) is 13.6. The monoisotopic (exact) mass is 283 g/mol. The number of para-hydroxylation sites is 2. The molecule has 0 aromatic heterocycles. The van der Waals surface area contributed by atoms with Crippen molar-refractivity contribution in [3.63, 3.8) is 0 Å².